The van der Waals surface area contributed by atoms with E-state index < -0.39 is 9.84 Å². The van der Waals surface area contributed by atoms with Gasteiger partial charge < -0.3 is 4.90 Å². The largest absolute Gasteiger partial charge is 0.302 e. The van der Waals surface area contributed by atoms with Crippen LogP contribution in [0, 0.1) is 5.92 Å². The Kier molecular flexibility index (Phi) is 3.95. The number of hydrogen-bond donors (Lipinski definition) is 0. The fourth-order valence-corrected chi connectivity index (χ4v) is 3.12. The molecule has 0 radical (unpaired) electrons. The van der Waals surface area contributed by atoms with E-state index in [1.807, 2.05) is 0 Å². The summed E-state index contributed by atoms with van der Waals surface area (Å²) < 4.78 is 22.8. The minimum atomic E-state index is -2.84. The molecule has 0 N–H and O–H groups in total. The zero-order valence-electron chi connectivity index (χ0n) is 9.36. The summed E-state index contributed by atoms with van der Waals surface area (Å²) in [6.07, 6.45) is 3.22. The second-order valence-corrected chi connectivity index (χ2v) is 7.07. The SMILES string of the molecule is CC(C)CN1CCCC(S(C)(=O)=O)C1. The normalized spacial score (nSPS) is 25.6. The minimum absolute atomic E-state index is 0.130. The lowest BCUT2D eigenvalue weighted by molar-refractivity contribution is 0.208. The average molecular weight is 219 g/mol. The van der Waals surface area contributed by atoms with Crippen LogP contribution in [0.4, 0.5) is 0 Å². The third-order valence-corrected chi connectivity index (χ3v) is 4.29. The zero-order chi connectivity index (χ0) is 10.8. The first kappa shape index (κ1) is 12.0. The first-order chi connectivity index (χ1) is 6.39. The highest BCUT2D eigenvalue weighted by Gasteiger charge is 2.27. The van der Waals surface area contributed by atoms with Gasteiger partial charge in [0.25, 0.3) is 0 Å². The Labute approximate surface area is 87.4 Å². The van der Waals surface area contributed by atoms with Gasteiger partial charge >= 0.3 is 0 Å². The van der Waals surface area contributed by atoms with Gasteiger partial charge in [-0.25, -0.2) is 8.42 Å². The maximum atomic E-state index is 11.4. The fourth-order valence-electron chi connectivity index (χ4n) is 2.04. The molecule has 0 saturated carbocycles. The highest BCUT2D eigenvalue weighted by atomic mass is 32.2. The molecule has 1 heterocycles. The first-order valence-corrected chi connectivity index (χ1v) is 7.26. The number of rotatable bonds is 3. The van der Waals surface area contributed by atoms with E-state index in [2.05, 4.69) is 18.7 Å². The third-order valence-electron chi connectivity index (χ3n) is 2.69. The van der Waals surface area contributed by atoms with Crippen molar-refractivity contribution in [2.75, 3.05) is 25.9 Å². The van der Waals surface area contributed by atoms with Crippen LogP contribution in [0.3, 0.4) is 0 Å². The maximum absolute atomic E-state index is 11.4. The number of likely N-dealkylation sites (tertiary alicyclic amines) is 1. The third kappa shape index (κ3) is 3.58. The molecule has 3 nitrogen and oxygen atoms in total. The highest BCUT2D eigenvalue weighted by molar-refractivity contribution is 7.91. The molecule has 1 saturated heterocycles. The van der Waals surface area contributed by atoms with E-state index in [-0.39, 0.29) is 5.25 Å². The van der Waals surface area contributed by atoms with Crippen molar-refractivity contribution in [1.82, 2.24) is 4.90 Å². The standard InChI is InChI=1S/C10H21NO2S/c1-9(2)7-11-6-4-5-10(8-11)14(3,12)13/h9-10H,4-8H2,1-3H3. The van der Waals surface area contributed by atoms with Crippen LogP contribution < -0.4 is 0 Å². The summed E-state index contributed by atoms with van der Waals surface area (Å²) in [7, 11) is -2.84. The smallest absolute Gasteiger partial charge is 0.151 e. The molecule has 0 aliphatic carbocycles. The van der Waals surface area contributed by atoms with E-state index >= 15 is 0 Å². The van der Waals surface area contributed by atoms with Crippen LogP contribution in [0.25, 0.3) is 0 Å². The second-order valence-electron chi connectivity index (χ2n) is 4.75. The summed E-state index contributed by atoms with van der Waals surface area (Å²) >= 11 is 0. The average Bonchev–Trinajstić information content (AvgIpc) is 2.01. The van der Waals surface area contributed by atoms with E-state index in [1.165, 1.54) is 6.26 Å². The molecule has 0 spiro atoms. The molecule has 14 heavy (non-hydrogen) atoms. The fraction of sp³-hybridized carbons (Fsp3) is 1.00. The van der Waals surface area contributed by atoms with Crippen LogP contribution in [0.5, 0.6) is 0 Å². The lowest BCUT2D eigenvalue weighted by atomic mass is 10.1. The molecule has 0 aromatic heterocycles. The summed E-state index contributed by atoms with van der Waals surface area (Å²) in [5.41, 5.74) is 0. The molecule has 84 valence electrons. The van der Waals surface area contributed by atoms with Crippen molar-refractivity contribution in [2.24, 2.45) is 5.92 Å². The van der Waals surface area contributed by atoms with Gasteiger partial charge in [0.1, 0.15) is 0 Å². The number of nitrogens with zero attached hydrogens (tertiary/aromatic N) is 1. The van der Waals surface area contributed by atoms with Crippen molar-refractivity contribution in [3.8, 4) is 0 Å². The van der Waals surface area contributed by atoms with E-state index in [1.54, 1.807) is 0 Å². The van der Waals surface area contributed by atoms with Crippen molar-refractivity contribution in [3.05, 3.63) is 0 Å². The van der Waals surface area contributed by atoms with Crippen molar-refractivity contribution in [3.63, 3.8) is 0 Å². The van der Waals surface area contributed by atoms with Gasteiger partial charge in [-0.3, -0.25) is 0 Å². The van der Waals surface area contributed by atoms with E-state index in [0.29, 0.717) is 5.92 Å². The predicted octanol–water partition coefficient (Wildman–Crippen LogP) is 1.15. The van der Waals surface area contributed by atoms with E-state index in [9.17, 15) is 8.42 Å². The monoisotopic (exact) mass is 219 g/mol. The molecular weight excluding hydrogens is 198 g/mol. The molecule has 1 rings (SSSR count). The Hall–Kier alpha value is -0.0900. The van der Waals surface area contributed by atoms with Gasteiger partial charge in [-0.1, -0.05) is 13.8 Å². The Morgan fingerprint density at radius 2 is 2.07 bits per heavy atom. The molecule has 0 aromatic carbocycles. The van der Waals surface area contributed by atoms with Crippen molar-refractivity contribution in [2.45, 2.75) is 31.9 Å². The molecule has 1 aliphatic rings. The highest BCUT2D eigenvalue weighted by Crippen LogP contribution is 2.17. The van der Waals surface area contributed by atoms with Crippen molar-refractivity contribution < 1.29 is 8.42 Å². The molecule has 4 heteroatoms. The van der Waals surface area contributed by atoms with Crippen LogP contribution >= 0.6 is 0 Å². The molecule has 0 aromatic rings. The van der Waals surface area contributed by atoms with Gasteiger partial charge in [-0.2, -0.15) is 0 Å². The summed E-state index contributed by atoms with van der Waals surface area (Å²) in [6.45, 7) is 7.15. The van der Waals surface area contributed by atoms with Crippen LogP contribution in [-0.2, 0) is 9.84 Å². The molecule has 1 aliphatic heterocycles. The first-order valence-electron chi connectivity index (χ1n) is 5.31. The molecule has 1 atom stereocenters. The second kappa shape index (κ2) is 4.62. The van der Waals surface area contributed by atoms with Crippen LogP contribution in [0.15, 0.2) is 0 Å². The van der Waals surface area contributed by atoms with Crippen molar-refractivity contribution >= 4 is 9.84 Å². The van der Waals surface area contributed by atoms with Gasteiger partial charge in [-0.15, -0.1) is 0 Å². The Balaban J connectivity index is 2.52. The lowest BCUT2D eigenvalue weighted by Gasteiger charge is -2.32. The van der Waals surface area contributed by atoms with Gasteiger partial charge in [0.15, 0.2) is 9.84 Å². The lowest BCUT2D eigenvalue weighted by Crippen LogP contribution is -2.43. The van der Waals surface area contributed by atoms with Gasteiger partial charge in [0.2, 0.25) is 0 Å². The van der Waals surface area contributed by atoms with E-state index in [0.717, 1.165) is 32.5 Å². The van der Waals surface area contributed by atoms with Crippen LogP contribution in [-0.4, -0.2) is 44.5 Å². The number of hydrogen-bond acceptors (Lipinski definition) is 3. The number of sulfone groups is 1. The molecule has 0 bridgehead atoms. The van der Waals surface area contributed by atoms with Crippen LogP contribution in [0.2, 0.25) is 0 Å². The van der Waals surface area contributed by atoms with Crippen molar-refractivity contribution in [1.29, 1.82) is 0 Å². The molecule has 1 unspecified atom stereocenters. The maximum Gasteiger partial charge on any atom is 0.151 e. The number of piperidine rings is 1. The summed E-state index contributed by atoms with van der Waals surface area (Å²) in [5.74, 6) is 0.619. The summed E-state index contributed by atoms with van der Waals surface area (Å²) in [5, 5.41) is -0.130. The van der Waals surface area contributed by atoms with Crippen LogP contribution in [0.1, 0.15) is 26.7 Å². The van der Waals surface area contributed by atoms with Gasteiger partial charge in [-0.05, 0) is 25.3 Å². The predicted molar refractivity (Wildman–Crippen MR) is 59.1 cm³/mol. The van der Waals surface area contributed by atoms with Gasteiger partial charge in [0.05, 0.1) is 5.25 Å². The quantitative estimate of drug-likeness (QED) is 0.714. The molecule has 1 fully saturated rings. The van der Waals surface area contributed by atoms with E-state index in [4.69, 9.17) is 0 Å². The summed E-state index contributed by atoms with van der Waals surface area (Å²) in [4.78, 5) is 2.28. The summed E-state index contributed by atoms with van der Waals surface area (Å²) in [6, 6.07) is 0. The zero-order valence-corrected chi connectivity index (χ0v) is 10.2. The Morgan fingerprint density at radius 3 is 2.57 bits per heavy atom. The Morgan fingerprint density at radius 1 is 1.43 bits per heavy atom. The van der Waals surface area contributed by atoms with Gasteiger partial charge in [0, 0.05) is 19.3 Å². The molecule has 0 amide bonds. The molecular formula is C10H21NO2S. The minimum Gasteiger partial charge on any atom is -0.302 e. The Bertz CT molecular complexity index is 272. The topological polar surface area (TPSA) is 37.4 Å².